The molecule has 1 amide bonds. The van der Waals surface area contributed by atoms with Crippen molar-refractivity contribution in [3.05, 3.63) is 58.0 Å². The van der Waals surface area contributed by atoms with Crippen LogP contribution in [0, 0.1) is 6.92 Å². The molecule has 0 fully saturated rings. The average Bonchev–Trinajstić information content (AvgIpc) is 2.47. The first-order valence-corrected chi connectivity index (χ1v) is 7.24. The maximum Gasteiger partial charge on any atom is 0.261 e. The van der Waals surface area contributed by atoms with Gasteiger partial charge in [-0.25, -0.2) is 0 Å². The fraction of sp³-hybridized carbons (Fsp3) is 0.294. The molecule has 1 unspecified atom stereocenters. The molecule has 0 aliphatic rings. The van der Waals surface area contributed by atoms with Gasteiger partial charge in [-0.2, -0.15) is 0 Å². The van der Waals surface area contributed by atoms with Crippen molar-refractivity contribution in [3.63, 3.8) is 0 Å². The summed E-state index contributed by atoms with van der Waals surface area (Å²) in [6.07, 6.45) is -0.0439. The molecular weight excluding hydrogens is 280 g/mol. The first-order valence-electron chi connectivity index (χ1n) is 7.24. The van der Waals surface area contributed by atoms with E-state index in [0.29, 0.717) is 13.0 Å². The molecule has 1 aromatic carbocycles. The van der Waals surface area contributed by atoms with Gasteiger partial charge in [-0.15, -0.1) is 0 Å². The van der Waals surface area contributed by atoms with Crippen molar-refractivity contribution in [2.45, 2.75) is 26.4 Å². The van der Waals surface area contributed by atoms with Crippen molar-refractivity contribution in [1.29, 1.82) is 0 Å². The van der Waals surface area contributed by atoms with Crippen LogP contribution in [0.2, 0.25) is 0 Å². The third-order valence-electron chi connectivity index (χ3n) is 3.42. The summed E-state index contributed by atoms with van der Waals surface area (Å²) in [5.74, 6) is -0.431. The second kappa shape index (κ2) is 7.04. The number of hydrogen-bond acceptors (Lipinski definition) is 3. The molecule has 0 aliphatic carbocycles. The molecular formula is C17H20N2O3. The SMILES string of the molecule is Cc1[nH]c(=O)c(C(=O)NCCC(C)O)cc1-c1ccccc1. The van der Waals surface area contributed by atoms with Gasteiger partial charge in [0.15, 0.2) is 0 Å². The van der Waals surface area contributed by atoms with Crippen LogP contribution in [0.3, 0.4) is 0 Å². The molecule has 3 N–H and O–H groups in total. The molecule has 0 bridgehead atoms. The number of aromatic amines is 1. The Bertz CT molecular complexity index is 706. The number of aliphatic hydroxyl groups excluding tert-OH is 1. The molecule has 0 saturated heterocycles. The third kappa shape index (κ3) is 3.83. The van der Waals surface area contributed by atoms with Crippen LogP contribution in [0.25, 0.3) is 11.1 Å². The molecule has 0 aliphatic heterocycles. The van der Waals surface area contributed by atoms with E-state index >= 15 is 0 Å². The number of aliphatic hydroxyl groups is 1. The lowest BCUT2D eigenvalue weighted by molar-refractivity contribution is 0.0944. The number of amides is 1. The molecule has 2 rings (SSSR count). The van der Waals surface area contributed by atoms with Crippen LogP contribution < -0.4 is 10.9 Å². The second-order valence-corrected chi connectivity index (χ2v) is 5.31. The summed E-state index contributed by atoms with van der Waals surface area (Å²) >= 11 is 0. The lowest BCUT2D eigenvalue weighted by Gasteiger charge is -2.10. The number of aromatic nitrogens is 1. The monoisotopic (exact) mass is 300 g/mol. The van der Waals surface area contributed by atoms with Gasteiger partial charge in [-0.3, -0.25) is 9.59 Å². The van der Waals surface area contributed by atoms with Gasteiger partial charge < -0.3 is 15.4 Å². The first-order chi connectivity index (χ1) is 10.5. The Morgan fingerprint density at radius 2 is 2.00 bits per heavy atom. The fourth-order valence-corrected chi connectivity index (χ4v) is 2.20. The molecule has 5 nitrogen and oxygen atoms in total. The van der Waals surface area contributed by atoms with Crippen molar-refractivity contribution in [2.75, 3.05) is 6.54 Å². The zero-order valence-electron chi connectivity index (χ0n) is 12.7. The van der Waals surface area contributed by atoms with E-state index in [2.05, 4.69) is 10.3 Å². The molecule has 2 aromatic rings. The quantitative estimate of drug-likeness (QED) is 0.788. The Hall–Kier alpha value is -2.40. The Balaban J connectivity index is 2.29. The van der Waals surface area contributed by atoms with E-state index in [0.717, 1.165) is 16.8 Å². The molecule has 116 valence electrons. The van der Waals surface area contributed by atoms with E-state index in [1.807, 2.05) is 30.3 Å². The highest BCUT2D eigenvalue weighted by Crippen LogP contribution is 2.21. The highest BCUT2D eigenvalue weighted by Gasteiger charge is 2.14. The summed E-state index contributed by atoms with van der Waals surface area (Å²) in [6, 6.07) is 11.2. The van der Waals surface area contributed by atoms with Gasteiger partial charge in [0.05, 0.1) is 6.10 Å². The highest BCUT2D eigenvalue weighted by atomic mass is 16.3. The number of aryl methyl sites for hydroxylation is 1. The van der Waals surface area contributed by atoms with E-state index < -0.39 is 17.6 Å². The Labute approximate surface area is 129 Å². The minimum absolute atomic E-state index is 0.0787. The van der Waals surface area contributed by atoms with Gasteiger partial charge in [0.1, 0.15) is 5.56 Å². The van der Waals surface area contributed by atoms with E-state index in [-0.39, 0.29) is 5.56 Å². The summed E-state index contributed by atoms with van der Waals surface area (Å²) in [4.78, 5) is 26.8. The van der Waals surface area contributed by atoms with Crippen LogP contribution in [0.5, 0.6) is 0 Å². The van der Waals surface area contributed by atoms with Gasteiger partial charge in [0.2, 0.25) is 0 Å². The van der Waals surface area contributed by atoms with Crippen molar-refractivity contribution in [3.8, 4) is 11.1 Å². The summed E-state index contributed by atoms with van der Waals surface area (Å²) in [7, 11) is 0. The Morgan fingerprint density at radius 3 is 2.64 bits per heavy atom. The van der Waals surface area contributed by atoms with Gasteiger partial charge in [-0.1, -0.05) is 30.3 Å². The zero-order chi connectivity index (χ0) is 16.1. The van der Waals surface area contributed by atoms with E-state index in [4.69, 9.17) is 0 Å². The Kier molecular flexibility index (Phi) is 5.12. The molecule has 22 heavy (non-hydrogen) atoms. The number of pyridine rings is 1. The number of nitrogens with one attached hydrogen (secondary N) is 2. The minimum Gasteiger partial charge on any atom is -0.393 e. The molecule has 1 heterocycles. The third-order valence-corrected chi connectivity index (χ3v) is 3.42. The average molecular weight is 300 g/mol. The van der Waals surface area contributed by atoms with Crippen LogP contribution in [-0.2, 0) is 0 Å². The van der Waals surface area contributed by atoms with Gasteiger partial charge in [-0.05, 0) is 31.9 Å². The smallest absolute Gasteiger partial charge is 0.261 e. The van der Waals surface area contributed by atoms with Crippen LogP contribution >= 0.6 is 0 Å². The molecule has 5 heteroatoms. The molecule has 1 atom stereocenters. The lowest BCUT2D eigenvalue weighted by Crippen LogP contribution is -2.31. The molecule has 0 radical (unpaired) electrons. The number of carbonyl (C=O) groups is 1. The topological polar surface area (TPSA) is 82.2 Å². The molecule has 0 saturated carbocycles. The Morgan fingerprint density at radius 1 is 1.32 bits per heavy atom. The summed E-state index contributed by atoms with van der Waals surface area (Å²) in [5, 5.41) is 11.9. The van der Waals surface area contributed by atoms with E-state index in [9.17, 15) is 14.7 Å². The van der Waals surface area contributed by atoms with Crippen molar-refractivity contribution >= 4 is 5.91 Å². The minimum atomic E-state index is -0.489. The zero-order valence-corrected chi connectivity index (χ0v) is 12.7. The van der Waals surface area contributed by atoms with Crippen LogP contribution in [0.15, 0.2) is 41.2 Å². The molecule has 1 aromatic heterocycles. The number of rotatable bonds is 5. The van der Waals surface area contributed by atoms with Crippen LogP contribution in [-0.4, -0.2) is 28.6 Å². The largest absolute Gasteiger partial charge is 0.393 e. The second-order valence-electron chi connectivity index (χ2n) is 5.31. The summed E-state index contributed by atoms with van der Waals surface area (Å²) in [6.45, 7) is 3.78. The number of H-pyrrole nitrogens is 1. The molecule has 0 spiro atoms. The van der Waals surface area contributed by atoms with Crippen molar-refractivity contribution < 1.29 is 9.90 Å². The predicted molar refractivity (Wildman–Crippen MR) is 85.9 cm³/mol. The van der Waals surface area contributed by atoms with Gasteiger partial charge in [0.25, 0.3) is 11.5 Å². The fourth-order valence-electron chi connectivity index (χ4n) is 2.20. The number of carbonyl (C=O) groups excluding carboxylic acids is 1. The standard InChI is InChI=1S/C17H20N2O3/c1-11(20)8-9-18-16(21)15-10-14(12(2)19-17(15)22)13-6-4-3-5-7-13/h3-7,10-11,20H,8-9H2,1-2H3,(H,18,21)(H,19,22). The van der Waals surface area contributed by atoms with Crippen molar-refractivity contribution in [2.24, 2.45) is 0 Å². The van der Waals surface area contributed by atoms with Gasteiger partial charge in [0, 0.05) is 17.8 Å². The lowest BCUT2D eigenvalue weighted by atomic mass is 10.0. The first kappa shape index (κ1) is 16.0. The van der Waals surface area contributed by atoms with Crippen LogP contribution in [0.1, 0.15) is 29.4 Å². The van der Waals surface area contributed by atoms with E-state index in [1.54, 1.807) is 19.9 Å². The van der Waals surface area contributed by atoms with E-state index in [1.165, 1.54) is 0 Å². The van der Waals surface area contributed by atoms with Crippen LogP contribution in [0.4, 0.5) is 0 Å². The summed E-state index contributed by atoms with van der Waals surface area (Å²) in [5.41, 5.74) is 2.15. The number of benzene rings is 1. The number of hydrogen-bond donors (Lipinski definition) is 3. The summed E-state index contributed by atoms with van der Waals surface area (Å²) < 4.78 is 0. The predicted octanol–water partition coefficient (Wildman–Crippen LogP) is 1.85. The van der Waals surface area contributed by atoms with Crippen molar-refractivity contribution in [1.82, 2.24) is 10.3 Å². The maximum atomic E-state index is 12.1. The van der Waals surface area contributed by atoms with Gasteiger partial charge >= 0.3 is 0 Å². The highest BCUT2D eigenvalue weighted by molar-refractivity contribution is 5.95. The normalized spacial score (nSPS) is 12.0. The maximum absolute atomic E-state index is 12.1.